The van der Waals surface area contributed by atoms with Crippen LogP contribution in [-0.2, 0) is 0 Å². The van der Waals surface area contributed by atoms with Crippen LogP contribution in [0.15, 0.2) is 0 Å². The molecule has 1 rings (SSSR count). The zero-order valence-electron chi connectivity index (χ0n) is 9.17. The third-order valence-electron chi connectivity index (χ3n) is 3.15. The Hall–Kier alpha value is 0.700. The molecule has 2 heteroatoms. The Bertz CT molecular complexity index is 129. The first-order chi connectivity index (χ1) is 6.71. The van der Waals surface area contributed by atoms with Gasteiger partial charge in [0.05, 0.1) is 4.08 Å². The third-order valence-corrected chi connectivity index (χ3v) is 4.05. The summed E-state index contributed by atoms with van der Waals surface area (Å²) in [5.41, 5.74) is 0. The van der Waals surface area contributed by atoms with Crippen LogP contribution in [-0.4, -0.2) is 4.08 Å². The predicted molar refractivity (Wildman–Crippen MR) is 71.5 cm³/mol. The highest BCUT2D eigenvalue weighted by Crippen LogP contribution is 2.33. The topological polar surface area (TPSA) is 0 Å². The molecule has 0 aromatic carbocycles. The van der Waals surface area contributed by atoms with Gasteiger partial charge < -0.3 is 0 Å². The Labute approximate surface area is 100 Å². The van der Waals surface area contributed by atoms with Gasteiger partial charge in [0.15, 0.2) is 0 Å². The van der Waals surface area contributed by atoms with E-state index in [1.807, 2.05) is 0 Å². The van der Waals surface area contributed by atoms with Crippen LogP contribution in [0.5, 0.6) is 0 Å². The van der Waals surface area contributed by atoms with Crippen molar-refractivity contribution in [1.82, 2.24) is 0 Å². The van der Waals surface area contributed by atoms with Crippen molar-refractivity contribution in [2.75, 3.05) is 0 Å². The van der Waals surface area contributed by atoms with E-state index in [1.165, 1.54) is 70.6 Å². The summed E-state index contributed by atoms with van der Waals surface area (Å²) >= 11 is 9.29. The molecule has 0 unspecified atom stereocenters. The summed E-state index contributed by atoms with van der Waals surface area (Å²) in [4.78, 5) is 0. The molecule has 0 nitrogen and oxygen atoms in total. The van der Waals surface area contributed by atoms with E-state index in [0.29, 0.717) is 0 Å². The van der Waals surface area contributed by atoms with E-state index in [1.54, 1.807) is 0 Å². The SMILES string of the molecule is SC1(S)CCCCCCCCCCC1. The second kappa shape index (κ2) is 7.05. The van der Waals surface area contributed by atoms with E-state index in [4.69, 9.17) is 0 Å². The number of thiol groups is 2. The zero-order chi connectivity index (χ0) is 10.3. The van der Waals surface area contributed by atoms with Crippen molar-refractivity contribution >= 4 is 25.3 Å². The molecule has 0 saturated heterocycles. The lowest BCUT2D eigenvalue weighted by Crippen LogP contribution is -2.13. The Kier molecular flexibility index (Phi) is 6.43. The summed E-state index contributed by atoms with van der Waals surface area (Å²) in [5, 5.41) is 0. The van der Waals surface area contributed by atoms with Crippen LogP contribution in [0, 0.1) is 0 Å². The van der Waals surface area contributed by atoms with Gasteiger partial charge in [0, 0.05) is 0 Å². The second-order valence-electron chi connectivity index (χ2n) is 4.66. The summed E-state index contributed by atoms with van der Waals surface area (Å²) in [6, 6.07) is 0. The Morgan fingerprint density at radius 2 is 0.786 bits per heavy atom. The monoisotopic (exact) mass is 232 g/mol. The largest absolute Gasteiger partial charge is 0.162 e. The summed E-state index contributed by atoms with van der Waals surface area (Å²) in [6.07, 6.45) is 14.9. The molecule has 0 aromatic heterocycles. The van der Waals surface area contributed by atoms with E-state index in [2.05, 4.69) is 25.3 Å². The Morgan fingerprint density at radius 1 is 0.500 bits per heavy atom. The first-order valence-corrected chi connectivity index (χ1v) is 7.05. The molecule has 1 aliphatic carbocycles. The molecule has 0 amide bonds. The first kappa shape index (κ1) is 12.8. The van der Waals surface area contributed by atoms with Crippen LogP contribution in [0.4, 0.5) is 0 Å². The third kappa shape index (κ3) is 6.23. The van der Waals surface area contributed by atoms with Crippen LogP contribution in [0.3, 0.4) is 0 Å². The lowest BCUT2D eigenvalue weighted by atomic mass is 10.0. The minimum absolute atomic E-state index is 0.0131. The molecule has 0 radical (unpaired) electrons. The van der Waals surface area contributed by atoms with Gasteiger partial charge in [-0.2, -0.15) is 25.3 Å². The zero-order valence-corrected chi connectivity index (χ0v) is 11.0. The fraction of sp³-hybridized carbons (Fsp3) is 1.00. The average Bonchev–Trinajstić information content (AvgIpc) is 2.11. The van der Waals surface area contributed by atoms with Crippen LogP contribution in [0.2, 0.25) is 0 Å². The van der Waals surface area contributed by atoms with Crippen molar-refractivity contribution in [2.24, 2.45) is 0 Å². The van der Waals surface area contributed by atoms with E-state index in [-0.39, 0.29) is 4.08 Å². The Morgan fingerprint density at radius 3 is 1.14 bits per heavy atom. The maximum Gasteiger partial charge on any atom is 0.0552 e. The molecule has 0 atom stereocenters. The van der Waals surface area contributed by atoms with Crippen molar-refractivity contribution < 1.29 is 0 Å². The molecule has 1 fully saturated rings. The molecule has 0 aromatic rings. The number of hydrogen-bond acceptors (Lipinski definition) is 2. The summed E-state index contributed by atoms with van der Waals surface area (Å²) < 4.78 is 0.0131. The van der Waals surface area contributed by atoms with Gasteiger partial charge in [-0.25, -0.2) is 0 Å². The van der Waals surface area contributed by atoms with E-state index < -0.39 is 0 Å². The minimum Gasteiger partial charge on any atom is -0.162 e. The maximum absolute atomic E-state index is 4.64. The fourth-order valence-corrected chi connectivity index (χ4v) is 2.81. The first-order valence-electron chi connectivity index (χ1n) is 6.15. The van der Waals surface area contributed by atoms with Gasteiger partial charge in [-0.15, -0.1) is 0 Å². The molecule has 84 valence electrons. The van der Waals surface area contributed by atoms with Crippen LogP contribution < -0.4 is 0 Å². The van der Waals surface area contributed by atoms with Crippen molar-refractivity contribution in [3.05, 3.63) is 0 Å². The average molecular weight is 232 g/mol. The predicted octanol–water partition coefficient (Wildman–Crippen LogP) is 4.85. The quantitative estimate of drug-likeness (QED) is 0.433. The molecule has 0 bridgehead atoms. The maximum atomic E-state index is 4.64. The van der Waals surface area contributed by atoms with Gasteiger partial charge in [0.1, 0.15) is 0 Å². The highest BCUT2D eigenvalue weighted by atomic mass is 32.2. The molecule has 0 N–H and O–H groups in total. The molecule has 1 saturated carbocycles. The van der Waals surface area contributed by atoms with Gasteiger partial charge in [0.25, 0.3) is 0 Å². The summed E-state index contributed by atoms with van der Waals surface area (Å²) in [6.45, 7) is 0. The van der Waals surface area contributed by atoms with Gasteiger partial charge in [-0.3, -0.25) is 0 Å². The number of hydrogen-bond donors (Lipinski definition) is 2. The van der Waals surface area contributed by atoms with Gasteiger partial charge >= 0.3 is 0 Å². The molecule has 0 aliphatic heterocycles. The van der Waals surface area contributed by atoms with Crippen molar-refractivity contribution in [3.8, 4) is 0 Å². The van der Waals surface area contributed by atoms with Crippen molar-refractivity contribution in [3.63, 3.8) is 0 Å². The smallest absolute Gasteiger partial charge is 0.0552 e. The normalized spacial score (nSPS) is 26.1. The van der Waals surface area contributed by atoms with E-state index >= 15 is 0 Å². The van der Waals surface area contributed by atoms with Crippen LogP contribution in [0.25, 0.3) is 0 Å². The fourth-order valence-electron chi connectivity index (χ4n) is 2.18. The Balaban J connectivity index is 2.24. The van der Waals surface area contributed by atoms with Crippen LogP contribution >= 0.6 is 25.3 Å². The minimum atomic E-state index is 0.0131. The molecule has 0 heterocycles. The summed E-state index contributed by atoms with van der Waals surface area (Å²) in [5.74, 6) is 0. The summed E-state index contributed by atoms with van der Waals surface area (Å²) in [7, 11) is 0. The molecule has 14 heavy (non-hydrogen) atoms. The molecular formula is C12H24S2. The number of rotatable bonds is 0. The second-order valence-corrected chi connectivity index (χ2v) is 6.73. The van der Waals surface area contributed by atoms with Gasteiger partial charge in [-0.05, 0) is 12.8 Å². The van der Waals surface area contributed by atoms with Gasteiger partial charge in [0.2, 0.25) is 0 Å². The van der Waals surface area contributed by atoms with E-state index in [9.17, 15) is 0 Å². The standard InChI is InChI=1S/C12H24S2/c13-12(14)10-8-6-4-2-1-3-5-7-9-11-12/h13-14H,1-11H2. The molecular weight excluding hydrogens is 208 g/mol. The molecule has 1 aliphatic rings. The molecule has 0 spiro atoms. The van der Waals surface area contributed by atoms with Crippen LogP contribution in [0.1, 0.15) is 70.6 Å². The van der Waals surface area contributed by atoms with Gasteiger partial charge in [-0.1, -0.05) is 57.8 Å². The lowest BCUT2D eigenvalue weighted by molar-refractivity contribution is 0.499. The van der Waals surface area contributed by atoms with Crippen molar-refractivity contribution in [2.45, 2.75) is 74.7 Å². The van der Waals surface area contributed by atoms with Crippen molar-refractivity contribution in [1.29, 1.82) is 0 Å². The highest BCUT2D eigenvalue weighted by molar-refractivity contribution is 8.00. The highest BCUT2D eigenvalue weighted by Gasteiger charge is 2.18. The lowest BCUT2D eigenvalue weighted by Gasteiger charge is -2.23. The van der Waals surface area contributed by atoms with E-state index in [0.717, 1.165) is 0 Å².